The van der Waals surface area contributed by atoms with Crippen LogP contribution in [-0.2, 0) is 28.2 Å². The SMILES string of the molecule is FC(OB(OC(F)C1COC1)OC(F)C1COC1)C1COC1. The van der Waals surface area contributed by atoms with Crippen molar-refractivity contribution in [2.24, 2.45) is 17.8 Å². The third-order valence-electron chi connectivity index (χ3n) is 3.83. The standard InChI is InChI=1S/C12H18BF3O6/c14-10(7-1-17-2-7)20-13(21-11(15)8-3-18-4-8)22-12(16)9-5-19-6-9/h7-12H,1-6H2. The van der Waals surface area contributed by atoms with E-state index in [1.165, 1.54) is 0 Å². The predicted molar refractivity (Wildman–Crippen MR) is 66.6 cm³/mol. The van der Waals surface area contributed by atoms with Gasteiger partial charge in [-0.2, -0.15) is 0 Å². The minimum atomic E-state index is -1.77. The van der Waals surface area contributed by atoms with Gasteiger partial charge < -0.3 is 28.2 Å². The molecule has 0 radical (unpaired) electrons. The van der Waals surface area contributed by atoms with E-state index in [-0.39, 0.29) is 39.6 Å². The van der Waals surface area contributed by atoms with Crippen molar-refractivity contribution in [3.8, 4) is 0 Å². The van der Waals surface area contributed by atoms with Crippen LogP contribution in [0.3, 0.4) is 0 Å². The van der Waals surface area contributed by atoms with Crippen molar-refractivity contribution < 1.29 is 41.3 Å². The maximum Gasteiger partial charge on any atom is 0.645 e. The number of alkyl halides is 3. The van der Waals surface area contributed by atoms with Gasteiger partial charge in [0.25, 0.3) is 0 Å². The van der Waals surface area contributed by atoms with Crippen molar-refractivity contribution >= 4 is 7.32 Å². The molecule has 0 aromatic heterocycles. The maximum atomic E-state index is 13.8. The predicted octanol–water partition coefficient (Wildman–Crippen LogP) is 0.847. The number of halogens is 3. The Balaban J connectivity index is 1.50. The first kappa shape index (κ1) is 16.5. The van der Waals surface area contributed by atoms with Crippen LogP contribution in [0.1, 0.15) is 0 Å². The molecule has 3 heterocycles. The molecule has 22 heavy (non-hydrogen) atoms. The lowest BCUT2D eigenvalue weighted by atomic mass is 10.0. The zero-order valence-corrected chi connectivity index (χ0v) is 11.9. The molecular formula is C12H18BF3O6. The van der Waals surface area contributed by atoms with Gasteiger partial charge in [0.15, 0.2) is 19.1 Å². The van der Waals surface area contributed by atoms with Crippen LogP contribution in [0, 0.1) is 17.8 Å². The van der Waals surface area contributed by atoms with Gasteiger partial charge in [0, 0.05) is 0 Å². The molecule has 0 amide bonds. The normalized spacial score (nSPS) is 27.4. The van der Waals surface area contributed by atoms with Crippen LogP contribution in [0.15, 0.2) is 0 Å². The van der Waals surface area contributed by atoms with Gasteiger partial charge in [-0.1, -0.05) is 0 Å². The summed E-state index contributed by atoms with van der Waals surface area (Å²) in [6.07, 6.45) is -5.31. The van der Waals surface area contributed by atoms with E-state index in [9.17, 15) is 13.2 Å². The van der Waals surface area contributed by atoms with E-state index in [4.69, 9.17) is 28.2 Å². The Morgan fingerprint density at radius 2 is 0.909 bits per heavy atom. The van der Waals surface area contributed by atoms with Gasteiger partial charge in [-0.05, 0) is 0 Å². The van der Waals surface area contributed by atoms with E-state index < -0.39 is 44.1 Å². The molecule has 10 heteroatoms. The molecule has 0 aromatic rings. The lowest BCUT2D eigenvalue weighted by Gasteiger charge is -2.34. The van der Waals surface area contributed by atoms with Crippen LogP contribution in [0.4, 0.5) is 13.2 Å². The van der Waals surface area contributed by atoms with Crippen molar-refractivity contribution in [2.45, 2.75) is 19.1 Å². The first-order valence-corrected chi connectivity index (χ1v) is 7.25. The topological polar surface area (TPSA) is 55.4 Å². The van der Waals surface area contributed by atoms with E-state index in [1.807, 2.05) is 0 Å². The Labute approximate surface area is 126 Å². The molecule has 3 saturated heterocycles. The van der Waals surface area contributed by atoms with Crippen molar-refractivity contribution in [1.82, 2.24) is 0 Å². The number of hydrogen-bond donors (Lipinski definition) is 0. The van der Waals surface area contributed by atoms with Crippen LogP contribution in [0.2, 0.25) is 0 Å². The summed E-state index contributed by atoms with van der Waals surface area (Å²) in [5, 5.41) is 0. The van der Waals surface area contributed by atoms with Crippen molar-refractivity contribution in [3.05, 3.63) is 0 Å². The van der Waals surface area contributed by atoms with Crippen LogP contribution in [-0.4, -0.2) is 66.0 Å². The van der Waals surface area contributed by atoms with Crippen molar-refractivity contribution in [1.29, 1.82) is 0 Å². The van der Waals surface area contributed by atoms with E-state index in [0.29, 0.717) is 0 Å². The Kier molecular flexibility index (Phi) is 5.58. The molecule has 0 aliphatic carbocycles. The molecule has 3 fully saturated rings. The van der Waals surface area contributed by atoms with E-state index >= 15 is 0 Å². The summed E-state index contributed by atoms with van der Waals surface area (Å²) >= 11 is 0. The molecule has 126 valence electrons. The fourth-order valence-corrected chi connectivity index (χ4v) is 1.96. The highest BCUT2D eigenvalue weighted by atomic mass is 19.2. The minimum Gasteiger partial charge on any atom is -0.380 e. The van der Waals surface area contributed by atoms with Crippen molar-refractivity contribution in [3.63, 3.8) is 0 Å². The summed E-state index contributed by atoms with van der Waals surface area (Å²) in [4.78, 5) is 0. The summed E-state index contributed by atoms with van der Waals surface area (Å²) in [7, 11) is -1.76. The van der Waals surface area contributed by atoms with Crippen LogP contribution in [0.5, 0.6) is 0 Å². The molecule has 3 atom stereocenters. The third kappa shape index (κ3) is 3.92. The fraction of sp³-hybridized carbons (Fsp3) is 1.00. The number of ether oxygens (including phenoxy) is 3. The van der Waals surface area contributed by atoms with Gasteiger partial charge in [0.2, 0.25) is 0 Å². The molecule has 0 aromatic carbocycles. The summed E-state index contributed by atoms with van der Waals surface area (Å²) < 4.78 is 70.7. The molecule has 3 aliphatic heterocycles. The van der Waals surface area contributed by atoms with E-state index in [2.05, 4.69) is 0 Å². The first-order chi connectivity index (χ1) is 10.6. The summed E-state index contributed by atoms with van der Waals surface area (Å²) in [6.45, 7) is 1.16. The van der Waals surface area contributed by atoms with Gasteiger partial charge in [-0.15, -0.1) is 0 Å². The van der Waals surface area contributed by atoms with Crippen molar-refractivity contribution in [2.75, 3.05) is 39.6 Å². The average Bonchev–Trinajstić information content (AvgIpc) is 2.19. The minimum absolute atomic E-state index is 0.193. The number of rotatable bonds is 9. The van der Waals surface area contributed by atoms with Gasteiger partial charge >= 0.3 is 7.32 Å². The Hall–Kier alpha value is -0.385. The molecule has 0 saturated carbocycles. The summed E-state index contributed by atoms with van der Waals surface area (Å²) in [6, 6.07) is 0. The molecule has 3 unspecified atom stereocenters. The molecular weight excluding hydrogens is 308 g/mol. The fourth-order valence-electron chi connectivity index (χ4n) is 1.96. The summed E-state index contributed by atoms with van der Waals surface area (Å²) in [5.74, 6) is -1.44. The zero-order valence-electron chi connectivity index (χ0n) is 11.9. The van der Waals surface area contributed by atoms with Gasteiger partial charge in [-0.25, -0.2) is 13.2 Å². The zero-order chi connectivity index (χ0) is 15.5. The third-order valence-corrected chi connectivity index (χ3v) is 3.83. The molecule has 3 rings (SSSR count). The first-order valence-electron chi connectivity index (χ1n) is 7.25. The lowest BCUT2D eigenvalue weighted by molar-refractivity contribution is -0.189. The summed E-state index contributed by atoms with van der Waals surface area (Å²) in [5.41, 5.74) is 0. The maximum absolute atomic E-state index is 13.8. The monoisotopic (exact) mass is 326 g/mol. The second-order valence-electron chi connectivity index (χ2n) is 5.64. The second-order valence-corrected chi connectivity index (χ2v) is 5.64. The van der Waals surface area contributed by atoms with Gasteiger partial charge in [-0.3, -0.25) is 0 Å². The van der Waals surface area contributed by atoms with Crippen LogP contribution in [0.25, 0.3) is 0 Å². The molecule has 3 aliphatic rings. The molecule has 0 N–H and O–H groups in total. The second kappa shape index (κ2) is 7.46. The highest BCUT2D eigenvalue weighted by molar-refractivity contribution is 6.36. The smallest absolute Gasteiger partial charge is 0.380 e. The Morgan fingerprint density at radius 3 is 1.09 bits per heavy atom. The quantitative estimate of drug-likeness (QED) is 0.586. The highest BCUT2D eigenvalue weighted by Crippen LogP contribution is 2.26. The molecule has 0 spiro atoms. The molecule has 0 bridgehead atoms. The number of hydrogen-bond acceptors (Lipinski definition) is 6. The lowest BCUT2D eigenvalue weighted by Crippen LogP contribution is -2.48. The van der Waals surface area contributed by atoms with Gasteiger partial charge in [0.1, 0.15) is 0 Å². The Morgan fingerprint density at radius 1 is 0.636 bits per heavy atom. The van der Waals surface area contributed by atoms with E-state index in [1.54, 1.807) is 0 Å². The van der Waals surface area contributed by atoms with Crippen LogP contribution < -0.4 is 0 Å². The van der Waals surface area contributed by atoms with Crippen LogP contribution >= 0.6 is 0 Å². The van der Waals surface area contributed by atoms with Gasteiger partial charge in [0.05, 0.1) is 57.4 Å². The molecule has 6 nitrogen and oxygen atoms in total. The van der Waals surface area contributed by atoms with E-state index in [0.717, 1.165) is 0 Å². The highest BCUT2D eigenvalue weighted by Gasteiger charge is 2.42. The Bertz CT molecular complexity index is 303. The average molecular weight is 326 g/mol. The largest absolute Gasteiger partial charge is 0.645 e.